The number of aliphatic hydroxyl groups excluding tert-OH is 2. The molecule has 2 atom stereocenters. The SMILES string of the molecule is CCCCCCCCCCCCCCCCCCON(CC(O)CC(C)O)OCCCCCCCCCCCCCCCCCC.Cl. The van der Waals surface area contributed by atoms with Gasteiger partial charge in [0.2, 0.25) is 0 Å². The van der Waals surface area contributed by atoms with E-state index in [2.05, 4.69) is 13.8 Å². The maximum atomic E-state index is 10.3. The van der Waals surface area contributed by atoms with Gasteiger partial charge in [-0.1, -0.05) is 212 Å². The quantitative estimate of drug-likeness (QED) is 0.0494. The topological polar surface area (TPSA) is 62.2 Å². The van der Waals surface area contributed by atoms with E-state index in [0.717, 1.165) is 12.8 Å². The summed E-state index contributed by atoms with van der Waals surface area (Å²) >= 11 is 0. The molecule has 0 rings (SSSR count). The molecule has 286 valence electrons. The number of hydrogen-bond donors (Lipinski definition) is 2. The number of unbranched alkanes of at least 4 members (excludes halogenated alkanes) is 30. The fraction of sp³-hybridized carbons (Fsp3) is 1.00. The first-order valence-electron chi connectivity index (χ1n) is 21.0. The van der Waals surface area contributed by atoms with E-state index in [1.165, 1.54) is 198 Å². The van der Waals surface area contributed by atoms with Crippen LogP contribution in [0.3, 0.4) is 0 Å². The van der Waals surface area contributed by atoms with E-state index in [4.69, 9.17) is 9.68 Å². The molecule has 0 aromatic carbocycles. The van der Waals surface area contributed by atoms with Gasteiger partial charge in [-0.25, -0.2) is 0 Å². The van der Waals surface area contributed by atoms with Crippen molar-refractivity contribution in [3.05, 3.63) is 0 Å². The second-order valence-electron chi connectivity index (χ2n) is 14.5. The first kappa shape index (κ1) is 49.2. The minimum Gasteiger partial charge on any atom is -0.393 e. The Morgan fingerprint density at radius 1 is 0.404 bits per heavy atom. The lowest BCUT2D eigenvalue weighted by Crippen LogP contribution is -2.35. The molecule has 0 aliphatic heterocycles. The number of aliphatic hydroxyl groups is 2. The molecule has 0 aromatic heterocycles. The van der Waals surface area contributed by atoms with Gasteiger partial charge in [-0.05, 0) is 19.8 Å². The molecule has 0 fully saturated rings. The van der Waals surface area contributed by atoms with E-state index >= 15 is 0 Å². The average Bonchev–Trinajstić information content (AvgIpc) is 3.03. The highest BCUT2D eigenvalue weighted by atomic mass is 35.5. The Balaban J connectivity index is 0. The third kappa shape index (κ3) is 42.2. The van der Waals surface area contributed by atoms with Crippen LogP contribution in [0.4, 0.5) is 0 Å². The molecule has 0 aliphatic carbocycles. The smallest absolute Gasteiger partial charge is 0.0778 e. The lowest BCUT2D eigenvalue weighted by atomic mass is 10.0. The van der Waals surface area contributed by atoms with Crippen molar-refractivity contribution in [3.8, 4) is 0 Å². The molecule has 0 radical (unpaired) electrons. The minimum absolute atomic E-state index is 0. The molecular formula is C41H86ClNO4. The largest absolute Gasteiger partial charge is 0.393 e. The molecule has 6 heteroatoms. The highest BCUT2D eigenvalue weighted by Crippen LogP contribution is 2.16. The Morgan fingerprint density at radius 2 is 0.638 bits per heavy atom. The van der Waals surface area contributed by atoms with Crippen molar-refractivity contribution in [2.24, 2.45) is 0 Å². The van der Waals surface area contributed by atoms with Crippen LogP contribution in [0.2, 0.25) is 0 Å². The second kappa shape index (κ2) is 42.3. The van der Waals surface area contributed by atoms with E-state index in [0.29, 0.717) is 19.6 Å². The number of nitrogens with zero attached hydrogens (tertiary/aromatic N) is 1. The molecule has 0 spiro atoms. The zero-order chi connectivity index (χ0) is 33.6. The van der Waals surface area contributed by atoms with Crippen LogP contribution < -0.4 is 0 Å². The Hall–Kier alpha value is 0.0900. The van der Waals surface area contributed by atoms with Crippen molar-refractivity contribution < 1.29 is 19.9 Å². The highest BCUT2D eigenvalue weighted by Gasteiger charge is 2.15. The molecule has 0 amide bonds. The van der Waals surface area contributed by atoms with Crippen LogP contribution in [0.5, 0.6) is 0 Å². The predicted octanol–water partition coefficient (Wildman–Crippen LogP) is 13.2. The van der Waals surface area contributed by atoms with Crippen molar-refractivity contribution >= 4 is 12.4 Å². The van der Waals surface area contributed by atoms with Gasteiger partial charge in [0.15, 0.2) is 0 Å². The Labute approximate surface area is 301 Å². The van der Waals surface area contributed by atoms with Crippen LogP contribution in [0.25, 0.3) is 0 Å². The third-order valence-electron chi connectivity index (χ3n) is 9.44. The lowest BCUT2D eigenvalue weighted by molar-refractivity contribution is -0.375. The monoisotopic (exact) mass is 692 g/mol. The van der Waals surface area contributed by atoms with Crippen molar-refractivity contribution in [2.45, 2.75) is 245 Å². The van der Waals surface area contributed by atoms with E-state index in [-0.39, 0.29) is 19.0 Å². The normalized spacial score (nSPS) is 12.9. The van der Waals surface area contributed by atoms with Crippen LogP contribution in [0.15, 0.2) is 0 Å². The molecule has 0 bridgehead atoms. The molecule has 2 N–H and O–H groups in total. The maximum absolute atomic E-state index is 10.3. The summed E-state index contributed by atoms with van der Waals surface area (Å²) in [6.07, 6.45) is 42.6. The van der Waals surface area contributed by atoms with Gasteiger partial charge in [0.25, 0.3) is 0 Å². The van der Waals surface area contributed by atoms with Gasteiger partial charge in [0, 0.05) is 6.42 Å². The van der Waals surface area contributed by atoms with Gasteiger partial charge < -0.3 is 10.2 Å². The van der Waals surface area contributed by atoms with Gasteiger partial charge in [-0.15, -0.1) is 12.4 Å². The number of rotatable bonds is 40. The molecule has 5 nitrogen and oxygen atoms in total. The third-order valence-corrected chi connectivity index (χ3v) is 9.44. The Bertz CT molecular complexity index is 516. The van der Waals surface area contributed by atoms with Gasteiger partial charge in [0.05, 0.1) is 32.0 Å². The lowest BCUT2D eigenvalue weighted by Gasteiger charge is -2.24. The summed E-state index contributed by atoms with van der Waals surface area (Å²) < 4.78 is 0. The summed E-state index contributed by atoms with van der Waals surface area (Å²) in [7, 11) is 0. The van der Waals surface area contributed by atoms with Gasteiger partial charge >= 0.3 is 0 Å². The average molecular weight is 693 g/mol. The zero-order valence-corrected chi connectivity index (χ0v) is 33.0. The second-order valence-corrected chi connectivity index (χ2v) is 14.5. The number of hydrogen-bond acceptors (Lipinski definition) is 5. The van der Waals surface area contributed by atoms with Crippen LogP contribution in [0.1, 0.15) is 233 Å². The molecule has 0 aromatic rings. The fourth-order valence-electron chi connectivity index (χ4n) is 6.42. The van der Waals surface area contributed by atoms with Crippen molar-refractivity contribution in [1.82, 2.24) is 5.23 Å². The Kier molecular flexibility index (Phi) is 44.2. The Morgan fingerprint density at radius 3 is 0.872 bits per heavy atom. The standard InChI is InChI=1S/C41H85NO4.ClH/c1-4-6-8-10-12-14-16-18-20-22-24-26-28-30-32-34-36-45-42(39-41(44)38-40(3)43)46-37-35-33-31-29-27-25-23-21-19-17-15-13-11-9-7-5-2;/h40-41,43-44H,4-39H2,1-3H3;1H. The van der Waals surface area contributed by atoms with Crippen molar-refractivity contribution in [2.75, 3.05) is 19.8 Å². The number of halogens is 1. The van der Waals surface area contributed by atoms with Crippen LogP contribution in [-0.4, -0.2) is 47.4 Å². The van der Waals surface area contributed by atoms with Crippen LogP contribution >= 0.6 is 12.4 Å². The molecule has 0 saturated heterocycles. The van der Waals surface area contributed by atoms with Crippen LogP contribution in [-0.2, 0) is 9.68 Å². The summed E-state index contributed by atoms with van der Waals surface area (Å²) in [4.78, 5) is 11.8. The minimum atomic E-state index is -0.656. The van der Waals surface area contributed by atoms with Crippen molar-refractivity contribution in [3.63, 3.8) is 0 Å². The number of hydroxylamine groups is 2. The summed E-state index contributed by atoms with van der Waals surface area (Å²) in [6, 6.07) is 0. The molecule has 0 heterocycles. The summed E-state index contributed by atoms with van der Waals surface area (Å²) in [6.45, 7) is 7.82. The van der Waals surface area contributed by atoms with Crippen LogP contribution in [0, 0.1) is 0 Å². The van der Waals surface area contributed by atoms with Gasteiger partial charge in [-0.3, -0.25) is 9.68 Å². The first-order valence-corrected chi connectivity index (χ1v) is 21.0. The molecule has 47 heavy (non-hydrogen) atoms. The van der Waals surface area contributed by atoms with E-state index in [9.17, 15) is 10.2 Å². The van der Waals surface area contributed by atoms with E-state index in [1.54, 1.807) is 6.92 Å². The molecule has 2 unspecified atom stereocenters. The fourth-order valence-corrected chi connectivity index (χ4v) is 6.42. The van der Waals surface area contributed by atoms with E-state index in [1.807, 2.05) is 0 Å². The summed E-state index contributed by atoms with van der Waals surface area (Å²) in [5.41, 5.74) is 0. The molecule has 0 aliphatic rings. The van der Waals surface area contributed by atoms with E-state index < -0.39 is 12.2 Å². The first-order chi connectivity index (χ1) is 22.6. The molecule has 0 saturated carbocycles. The van der Waals surface area contributed by atoms with Gasteiger partial charge in [-0.2, -0.15) is 0 Å². The van der Waals surface area contributed by atoms with Crippen molar-refractivity contribution in [1.29, 1.82) is 0 Å². The highest BCUT2D eigenvalue weighted by molar-refractivity contribution is 5.85. The maximum Gasteiger partial charge on any atom is 0.0778 e. The van der Waals surface area contributed by atoms with Gasteiger partial charge in [0.1, 0.15) is 0 Å². The summed E-state index contributed by atoms with van der Waals surface area (Å²) in [5.74, 6) is 0. The summed E-state index contributed by atoms with van der Waals surface area (Å²) in [5, 5.41) is 21.4. The predicted molar refractivity (Wildman–Crippen MR) is 207 cm³/mol. The zero-order valence-electron chi connectivity index (χ0n) is 32.2. The molecular weight excluding hydrogens is 606 g/mol.